The maximum absolute atomic E-state index is 15.8. The molecule has 1 atom stereocenters. The highest BCUT2D eigenvalue weighted by Crippen LogP contribution is 2.37. The van der Waals surface area contributed by atoms with Crippen LogP contribution in [0, 0.1) is 12.7 Å². The summed E-state index contributed by atoms with van der Waals surface area (Å²) < 4.78 is 15.8. The lowest BCUT2D eigenvalue weighted by Crippen LogP contribution is -2.54. The second kappa shape index (κ2) is 9.30. The Hall–Kier alpha value is -4.05. The number of amides is 5. The van der Waals surface area contributed by atoms with Crippen LogP contribution in [0.15, 0.2) is 30.3 Å². The summed E-state index contributed by atoms with van der Waals surface area (Å²) in [7, 11) is 0. The third-order valence-electron chi connectivity index (χ3n) is 8.03. The molecule has 0 saturated carbocycles. The van der Waals surface area contributed by atoms with Crippen LogP contribution in [0.3, 0.4) is 0 Å². The van der Waals surface area contributed by atoms with Gasteiger partial charge in [-0.25, -0.2) is 4.39 Å². The number of fused-ring (bicyclic) bond motifs is 2. The summed E-state index contributed by atoms with van der Waals surface area (Å²) in [6.45, 7) is 2.67. The van der Waals surface area contributed by atoms with E-state index in [-0.39, 0.29) is 35.8 Å². The average molecular weight is 551 g/mol. The molecule has 2 N–H and O–H groups in total. The van der Waals surface area contributed by atoms with E-state index in [1.807, 2.05) is 13.0 Å². The fourth-order valence-corrected chi connectivity index (χ4v) is 6.10. The molecule has 5 amide bonds. The van der Waals surface area contributed by atoms with E-state index in [2.05, 4.69) is 10.3 Å². The van der Waals surface area contributed by atoms with E-state index in [1.54, 1.807) is 17.0 Å². The van der Waals surface area contributed by atoms with Crippen molar-refractivity contribution in [3.8, 4) is 0 Å². The molecule has 1 unspecified atom stereocenters. The summed E-state index contributed by atoms with van der Waals surface area (Å²) in [5, 5.41) is 3.62. The first kappa shape index (κ1) is 25.2. The van der Waals surface area contributed by atoms with Crippen molar-refractivity contribution in [3.63, 3.8) is 0 Å². The number of likely N-dealkylation sites (tertiary alicyclic amines) is 1. The van der Waals surface area contributed by atoms with E-state index in [4.69, 9.17) is 11.6 Å². The Morgan fingerprint density at radius 1 is 1.03 bits per heavy atom. The van der Waals surface area contributed by atoms with E-state index < -0.39 is 35.5 Å². The quantitative estimate of drug-likeness (QED) is 0.482. The number of imide groups is 2. The van der Waals surface area contributed by atoms with Gasteiger partial charge in [-0.2, -0.15) is 0 Å². The van der Waals surface area contributed by atoms with Crippen molar-refractivity contribution in [1.82, 2.24) is 20.1 Å². The van der Waals surface area contributed by atoms with Gasteiger partial charge in [0.15, 0.2) is 0 Å². The number of piperidine rings is 2. The van der Waals surface area contributed by atoms with Gasteiger partial charge in [0.1, 0.15) is 17.6 Å². The van der Waals surface area contributed by atoms with Crippen LogP contribution in [-0.4, -0.2) is 63.5 Å². The van der Waals surface area contributed by atoms with Crippen molar-refractivity contribution in [1.29, 1.82) is 0 Å². The van der Waals surface area contributed by atoms with E-state index in [1.165, 1.54) is 12.1 Å². The molecule has 0 aliphatic carbocycles. The van der Waals surface area contributed by atoms with Crippen LogP contribution in [0.4, 0.5) is 4.39 Å². The fraction of sp³-hybridized carbons (Fsp3) is 0.321. The highest BCUT2D eigenvalue weighted by Gasteiger charge is 2.46. The van der Waals surface area contributed by atoms with E-state index in [0.29, 0.717) is 42.2 Å². The molecule has 2 fully saturated rings. The average Bonchev–Trinajstić information content (AvgIpc) is 3.37. The topological polar surface area (TPSA) is 120 Å². The lowest BCUT2D eigenvalue weighted by Gasteiger charge is -2.32. The lowest BCUT2D eigenvalue weighted by molar-refractivity contribution is -0.136. The largest absolute Gasteiger partial charge is 0.350 e. The van der Waals surface area contributed by atoms with Gasteiger partial charge in [0.05, 0.1) is 11.1 Å². The molecule has 0 bridgehead atoms. The van der Waals surface area contributed by atoms with Crippen LogP contribution in [0.1, 0.15) is 73.9 Å². The van der Waals surface area contributed by atoms with Crippen LogP contribution in [0.2, 0.25) is 5.02 Å². The molecule has 3 aliphatic heterocycles. The van der Waals surface area contributed by atoms with Crippen molar-refractivity contribution in [2.75, 3.05) is 13.1 Å². The van der Waals surface area contributed by atoms with Crippen LogP contribution in [-0.2, 0) is 9.59 Å². The second-order valence-electron chi connectivity index (χ2n) is 10.2. The molecular weight excluding hydrogens is 527 g/mol. The maximum atomic E-state index is 15.8. The molecule has 0 radical (unpaired) electrons. The van der Waals surface area contributed by atoms with E-state index >= 15 is 4.39 Å². The zero-order valence-electron chi connectivity index (χ0n) is 21.0. The number of hydrogen-bond acceptors (Lipinski definition) is 5. The van der Waals surface area contributed by atoms with Crippen LogP contribution in [0.5, 0.6) is 0 Å². The lowest BCUT2D eigenvalue weighted by atomic mass is 9.87. The minimum absolute atomic E-state index is 0.0000138. The van der Waals surface area contributed by atoms with Gasteiger partial charge in [0, 0.05) is 35.4 Å². The predicted octanol–water partition coefficient (Wildman–Crippen LogP) is 3.69. The molecule has 2 aromatic carbocycles. The Morgan fingerprint density at radius 3 is 2.49 bits per heavy atom. The first-order valence-corrected chi connectivity index (χ1v) is 13.1. The van der Waals surface area contributed by atoms with Crippen molar-refractivity contribution in [2.45, 2.75) is 44.6 Å². The number of carbonyl (C=O) groups excluding carboxylic acids is 5. The molecule has 0 spiro atoms. The molecule has 9 nitrogen and oxygen atoms in total. The molecule has 39 heavy (non-hydrogen) atoms. The van der Waals surface area contributed by atoms with Crippen LogP contribution < -0.4 is 5.32 Å². The van der Waals surface area contributed by atoms with Crippen LogP contribution in [0.25, 0.3) is 10.9 Å². The van der Waals surface area contributed by atoms with Crippen molar-refractivity contribution >= 4 is 52.0 Å². The first-order valence-electron chi connectivity index (χ1n) is 12.8. The zero-order chi connectivity index (χ0) is 27.6. The highest BCUT2D eigenvalue weighted by molar-refractivity contribution is 6.31. The Kier molecular flexibility index (Phi) is 6.02. The Bertz CT molecular complexity index is 1610. The molecule has 6 rings (SSSR count). The first-order chi connectivity index (χ1) is 18.7. The Labute approximate surface area is 227 Å². The van der Waals surface area contributed by atoms with Gasteiger partial charge in [-0.1, -0.05) is 23.7 Å². The number of halogens is 2. The van der Waals surface area contributed by atoms with Crippen molar-refractivity contribution in [2.24, 2.45) is 0 Å². The molecule has 3 aliphatic rings. The number of rotatable bonds is 3. The summed E-state index contributed by atoms with van der Waals surface area (Å²) in [5.74, 6) is -4.00. The van der Waals surface area contributed by atoms with Gasteiger partial charge in [-0.15, -0.1) is 0 Å². The second-order valence-corrected chi connectivity index (χ2v) is 10.7. The smallest absolute Gasteiger partial charge is 0.270 e. The third kappa shape index (κ3) is 4.01. The molecule has 11 heteroatoms. The standard InChI is InChI=1S/C28H24ClFN4O5/c1-13-16-3-2-15(29)12-19(16)31-24(13)28(39)33-10-8-14(9-11-33)17-4-5-18-22(23(17)30)27(38)34(26(18)37)20-6-7-21(35)32-25(20)36/h2-5,12,14,20,31H,6-11H2,1H3,(H,32,35,36). The Morgan fingerprint density at radius 2 is 1.77 bits per heavy atom. The minimum atomic E-state index is -1.16. The summed E-state index contributed by atoms with van der Waals surface area (Å²) in [6.07, 6.45) is 0.942. The van der Waals surface area contributed by atoms with Gasteiger partial charge in [0.2, 0.25) is 11.8 Å². The van der Waals surface area contributed by atoms with Crippen molar-refractivity contribution in [3.05, 3.63) is 69.1 Å². The number of carbonyl (C=O) groups is 5. The number of H-pyrrole nitrogens is 1. The van der Waals surface area contributed by atoms with Crippen molar-refractivity contribution < 1.29 is 28.4 Å². The molecule has 2 saturated heterocycles. The van der Waals surface area contributed by atoms with Gasteiger partial charge in [-0.3, -0.25) is 34.2 Å². The Balaban J connectivity index is 1.20. The number of aromatic amines is 1. The number of benzene rings is 2. The summed E-state index contributed by atoms with van der Waals surface area (Å²) in [5.41, 5.74) is 1.99. The normalized spacial score (nSPS) is 20.1. The van der Waals surface area contributed by atoms with Gasteiger partial charge in [0.25, 0.3) is 17.7 Å². The number of aromatic nitrogens is 1. The molecular formula is C28H24ClFN4O5. The number of aryl methyl sites for hydroxylation is 1. The third-order valence-corrected chi connectivity index (χ3v) is 8.27. The number of nitrogens with one attached hydrogen (secondary N) is 2. The SMILES string of the molecule is Cc1c(C(=O)N2CCC(c3ccc4c(c3F)C(=O)N(C3CCC(=O)NC3=O)C4=O)CC2)[nH]c2cc(Cl)ccc12. The predicted molar refractivity (Wildman–Crippen MR) is 139 cm³/mol. The monoisotopic (exact) mass is 550 g/mol. The summed E-state index contributed by atoms with van der Waals surface area (Å²) in [6, 6.07) is 7.21. The number of hydrogen-bond donors (Lipinski definition) is 2. The molecule has 4 heterocycles. The van der Waals surface area contributed by atoms with Gasteiger partial charge >= 0.3 is 0 Å². The summed E-state index contributed by atoms with van der Waals surface area (Å²) >= 11 is 6.09. The van der Waals surface area contributed by atoms with Gasteiger partial charge < -0.3 is 9.88 Å². The van der Waals surface area contributed by atoms with Gasteiger partial charge in [-0.05, 0) is 61.4 Å². The minimum Gasteiger partial charge on any atom is -0.350 e. The zero-order valence-corrected chi connectivity index (χ0v) is 21.7. The summed E-state index contributed by atoms with van der Waals surface area (Å²) in [4.78, 5) is 68.8. The van der Waals surface area contributed by atoms with E-state index in [0.717, 1.165) is 21.4 Å². The highest BCUT2D eigenvalue weighted by atomic mass is 35.5. The number of nitrogens with zero attached hydrogens (tertiary/aromatic N) is 2. The molecule has 3 aromatic rings. The molecule has 200 valence electrons. The maximum Gasteiger partial charge on any atom is 0.270 e. The van der Waals surface area contributed by atoms with E-state index in [9.17, 15) is 24.0 Å². The van der Waals surface area contributed by atoms with Crippen LogP contribution >= 0.6 is 11.6 Å². The molecule has 1 aromatic heterocycles. The fourth-order valence-electron chi connectivity index (χ4n) is 5.92.